The molecule has 1 saturated heterocycles. The van der Waals surface area contributed by atoms with E-state index in [1.807, 2.05) is 0 Å². The predicted molar refractivity (Wildman–Crippen MR) is 98.4 cm³/mol. The minimum Gasteiger partial charge on any atom is -0.365 e. The number of rotatable bonds is 3. The van der Waals surface area contributed by atoms with Crippen molar-refractivity contribution in [1.29, 1.82) is 0 Å². The highest BCUT2D eigenvalue weighted by atomic mass is 15.2. The summed E-state index contributed by atoms with van der Waals surface area (Å²) in [6, 6.07) is 9.39. The number of nitrogens with one attached hydrogen (secondary N) is 1. The molecule has 2 aromatic rings. The van der Waals surface area contributed by atoms with Crippen LogP contribution in [0.4, 0.5) is 5.82 Å². The summed E-state index contributed by atoms with van der Waals surface area (Å²) in [5, 5.41) is 12.5. The van der Waals surface area contributed by atoms with Crippen LogP contribution < -0.4 is 5.32 Å². The van der Waals surface area contributed by atoms with Crippen LogP contribution in [0, 0.1) is 6.92 Å². The Morgan fingerprint density at radius 3 is 2.79 bits per heavy atom. The number of likely N-dealkylation sites (tertiary alicyclic amines) is 1. The largest absolute Gasteiger partial charge is 0.365 e. The number of hydrogen-bond donors (Lipinski definition) is 1. The van der Waals surface area contributed by atoms with Crippen molar-refractivity contribution in [2.24, 2.45) is 0 Å². The van der Waals surface area contributed by atoms with Crippen LogP contribution in [-0.4, -0.2) is 41.3 Å². The molecule has 0 radical (unpaired) electrons. The summed E-state index contributed by atoms with van der Waals surface area (Å²) in [6.45, 7) is 4.41. The second-order valence-corrected chi connectivity index (χ2v) is 7.34. The van der Waals surface area contributed by atoms with E-state index in [4.69, 9.17) is 0 Å². The minimum absolute atomic E-state index is 0.475. The monoisotopic (exact) mass is 322 g/mol. The first-order valence-electron chi connectivity index (χ1n) is 9.10. The number of anilines is 1. The van der Waals surface area contributed by atoms with E-state index >= 15 is 0 Å². The number of hydrogen-bond acceptors (Lipinski definition) is 4. The van der Waals surface area contributed by atoms with Crippen LogP contribution in [0.5, 0.6) is 0 Å². The summed E-state index contributed by atoms with van der Waals surface area (Å²) in [5.41, 5.74) is 6.39. The van der Waals surface area contributed by atoms with Crippen LogP contribution in [0.25, 0.3) is 11.3 Å². The van der Waals surface area contributed by atoms with Crippen molar-refractivity contribution in [3.05, 3.63) is 41.0 Å². The molecule has 0 spiro atoms. The molecule has 1 aromatic carbocycles. The highest BCUT2D eigenvalue weighted by Gasteiger charge is 2.18. The summed E-state index contributed by atoms with van der Waals surface area (Å²) < 4.78 is 0. The quantitative estimate of drug-likeness (QED) is 0.940. The molecule has 0 bridgehead atoms. The fourth-order valence-corrected chi connectivity index (χ4v) is 4.05. The Morgan fingerprint density at radius 1 is 1.08 bits per heavy atom. The van der Waals surface area contributed by atoms with Crippen LogP contribution in [-0.2, 0) is 12.8 Å². The van der Waals surface area contributed by atoms with Gasteiger partial charge in [-0.3, -0.25) is 0 Å². The number of fused-ring (bicyclic) bond motifs is 1. The first-order valence-corrected chi connectivity index (χ1v) is 9.10. The molecule has 0 unspecified atom stereocenters. The van der Waals surface area contributed by atoms with Crippen LogP contribution in [0.3, 0.4) is 0 Å². The molecular weight excluding hydrogens is 296 g/mol. The lowest BCUT2D eigenvalue weighted by Gasteiger charge is -2.30. The fourth-order valence-electron chi connectivity index (χ4n) is 4.05. The average molecular weight is 322 g/mol. The standard InChI is InChI=1S/C20H26N4/c1-14-11-19(21-18-7-4-10-24(2)13-18)22-23-20(14)17-9-8-15-5-3-6-16(15)12-17/h8-9,11-12,18H,3-7,10,13H2,1-2H3,(H,21,22)/t18-/m1/s1. The van der Waals surface area contributed by atoms with Crippen LogP contribution in [0.2, 0.25) is 0 Å². The van der Waals surface area contributed by atoms with Gasteiger partial charge in [0, 0.05) is 18.2 Å². The van der Waals surface area contributed by atoms with E-state index in [0.29, 0.717) is 6.04 Å². The van der Waals surface area contributed by atoms with Crippen molar-refractivity contribution in [1.82, 2.24) is 15.1 Å². The first kappa shape index (κ1) is 15.6. The van der Waals surface area contributed by atoms with Gasteiger partial charge >= 0.3 is 0 Å². The van der Waals surface area contributed by atoms with Crippen molar-refractivity contribution in [2.75, 3.05) is 25.5 Å². The van der Waals surface area contributed by atoms with Gasteiger partial charge < -0.3 is 10.2 Å². The van der Waals surface area contributed by atoms with Crippen molar-refractivity contribution in [2.45, 2.75) is 45.1 Å². The number of aromatic nitrogens is 2. The van der Waals surface area contributed by atoms with Crippen molar-refractivity contribution in [3.63, 3.8) is 0 Å². The second kappa shape index (κ2) is 6.52. The predicted octanol–water partition coefficient (Wildman–Crippen LogP) is 3.45. The van der Waals surface area contributed by atoms with Crippen molar-refractivity contribution >= 4 is 5.82 Å². The van der Waals surface area contributed by atoms with Crippen molar-refractivity contribution in [3.8, 4) is 11.3 Å². The zero-order valence-electron chi connectivity index (χ0n) is 14.7. The van der Waals surface area contributed by atoms with E-state index in [2.05, 4.69) is 58.7 Å². The third-order valence-corrected chi connectivity index (χ3v) is 5.33. The van der Waals surface area contributed by atoms with E-state index in [1.165, 1.54) is 60.9 Å². The molecule has 1 aromatic heterocycles. The zero-order valence-corrected chi connectivity index (χ0v) is 14.7. The van der Waals surface area contributed by atoms with Gasteiger partial charge in [-0.2, -0.15) is 0 Å². The molecule has 0 amide bonds. The Bertz CT molecular complexity index is 740. The molecule has 2 aliphatic rings. The topological polar surface area (TPSA) is 41.0 Å². The van der Waals surface area contributed by atoms with Gasteiger partial charge in [-0.15, -0.1) is 10.2 Å². The number of nitrogens with zero attached hydrogens (tertiary/aromatic N) is 3. The third kappa shape index (κ3) is 3.16. The van der Waals surface area contributed by atoms with Gasteiger partial charge in [-0.25, -0.2) is 0 Å². The molecule has 4 heteroatoms. The van der Waals surface area contributed by atoms with Crippen LogP contribution >= 0.6 is 0 Å². The molecule has 1 atom stereocenters. The average Bonchev–Trinajstić information content (AvgIpc) is 3.02. The Hall–Kier alpha value is -1.94. The lowest BCUT2D eigenvalue weighted by atomic mass is 10.0. The van der Waals surface area contributed by atoms with Gasteiger partial charge in [0.1, 0.15) is 5.82 Å². The van der Waals surface area contributed by atoms with E-state index in [0.717, 1.165) is 18.1 Å². The maximum atomic E-state index is 4.53. The number of benzene rings is 1. The lowest BCUT2D eigenvalue weighted by Crippen LogP contribution is -2.39. The normalized spacial score (nSPS) is 20.8. The number of likely N-dealkylation sites (N-methyl/N-ethyl adjacent to an activating group) is 1. The summed E-state index contributed by atoms with van der Waals surface area (Å²) >= 11 is 0. The van der Waals surface area contributed by atoms with Gasteiger partial charge in [-0.1, -0.05) is 12.1 Å². The van der Waals surface area contributed by atoms with Gasteiger partial charge in [0.25, 0.3) is 0 Å². The van der Waals surface area contributed by atoms with Crippen LogP contribution in [0.15, 0.2) is 24.3 Å². The SMILES string of the molecule is Cc1cc(N[C@@H]2CCCN(C)C2)nnc1-c1ccc2c(c1)CCC2. The Morgan fingerprint density at radius 2 is 1.96 bits per heavy atom. The zero-order chi connectivity index (χ0) is 16.5. The van der Waals surface area contributed by atoms with E-state index in [1.54, 1.807) is 0 Å². The first-order chi connectivity index (χ1) is 11.7. The van der Waals surface area contributed by atoms with Gasteiger partial charge in [0.15, 0.2) is 0 Å². The van der Waals surface area contributed by atoms with Gasteiger partial charge in [0.2, 0.25) is 0 Å². The molecule has 1 aliphatic carbocycles. The molecule has 1 fully saturated rings. The molecule has 2 heterocycles. The summed E-state index contributed by atoms with van der Waals surface area (Å²) in [5.74, 6) is 0.901. The number of aryl methyl sites for hydroxylation is 3. The van der Waals surface area contributed by atoms with E-state index in [9.17, 15) is 0 Å². The molecular formula is C20H26N4. The highest BCUT2D eigenvalue weighted by molar-refractivity contribution is 5.65. The third-order valence-electron chi connectivity index (χ3n) is 5.33. The summed E-state index contributed by atoms with van der Waals surface area (Å²) in [6.07, 6.45) is 6.15. The Labute approximate surface area is 144 Å². The van der Waals surface area contributed by atoms with Gasteiger partial charge in [-0.05, 0) is 81.4 Å². The van der Waals surface area contributed by atoms with Gasteiger partial charge in [0.05, 0.1) is 5.69 Å². The summed E-state index contributed by atoms with van der Waals surface area (Å²) in [7, 11) is 2.18. The number of piperidine rings is 1. The minimum atomic E-state index is 0.475. The maximum absolute atomic E-state index is 4.53. The lowest BCUT2D eigenvalue weighted by molar-refractivity contribution is 0.260. The Kier molecular flexibility index (Phi) is 4.23. The second-order valence-electron chi connectivity index (χ2n) is 7.34. The Balaban J connectivity index is 1.53. The molecule has 4 rings (SSSR count). The maximum Gasteiger partial charge on any atom is 0.149 e. The molecule has 1 N–H and O–H groups in total. The molecule has 24 heavy (non-hydrogen) atoms. The fraction of sp³-hybridized carbons (Fsp3) is 0.500. The molecule has 4 nitrogen and oxygen atoms in total. The molecule has 126 valence electrons. The molecule has 1 aliphatic heterocycles. The molecule has 0 saturated carbocycles. The highest BCUT2D eigenvalue weighted by Crippen LogP contribution is 2.29. The van der Waals surface area contributed by atoms with Crippen LogP contribution in [0.1, 0.15) is 36.0 Å². The smallest absolute Gasteiger partial charge is 0.149 e. The van der Waals surface area contributed by atoms with Crippen molar-refractivity contribution < 1.29 is 0 Å². The summed E-state index contributed by atoms with van der Waals surface area (Å²) in [4.78, 5) is 2.38. The van der Waals surface area contributed by atoms with E-state index in [-0.39, 0.29) is 0 Å². The van der Waals surface area contributed by atoms with E-state index < -0.39 is 0 Å².